The SMILES string of the molecule is Cc1ccc(CN2CCOC3(COCCN(c4cccnc4)C3)C2)o1.O=C(O)C(F)(F)F.O=C(O)C(F)(F)F. The van der Waals surface area contributed by atoms with Gasteiger partial charge in [0.25, 0.3) is 0 Å². The molecule has 4 rings (SSSR count). The number of ether oxygens (including phenoxy) is 2. The zero-order valence-electron chi connectivity index (χ0n) is 20.7. The largest absolute Gasteiger partial charge is 0.490 e. The van der Waals surface area contributed by atoms with Gasteiger partial charge < -0.3 is 29.0 Å². The maximum absolute atomic E-state index is 10.6. The van der Waals surface area contributed by atoms with Gasteiger partial charge in [0.2, 0.25) is 0 Å². The van der Waals surface area contributed by atoms with Crippen LogP contribution in [0.5, 0.6) is 0 Å². The molecule has 4 heterocycles. The Labute approximate surface area is 218 Å². The summed E-state index contributed by atoms with van der Waals surface area (Å²) in [5.41, 5.74) is 0.807. The second-order valence-corrected chi connectivity index (χ2v) is 8.55. The van der Waals surface area contributed by atoms with Gasteiger partial charge in [0.05, 0.1) is 44.8 Å². The lowest BCUT2D eigenvalue weighted by atomic mass is 10.0. The number of carboxylic acids is 2. The molecule has 0 bridgehead atoms. The number of furan rings is 1. The topological polar surface area (TPSA) is 126 Å². The third-order valence-corrected chi connectivity index (χ3v) is 5.35. The third-order valence-electron chi connectivity index (χ3n) is 5.35. The molecule has 0 aromatic carbocycles. The van der Waals surface area contributed by atoms with Crippen LogP contribution in [0.4, 0.5) is 32.0 Å². The van der Waals surface area contributed by atoms with Gasteiger partial charge in [-0.2, -0.15) is 26.3 Å². The van der Waals surface area contributed by atoms with Gasteiger partial charge in [0, 0.05) is 25.8 Å². The van der Waals surface area contributed by atoms with E-state index in [1.807, 2.05) is 25.3 Å². The average molecular weight is 571 g/mol. The molecule has 2 N–H and O–H groups in total. The number of aryl methyl sites for hydroxylation is 1. The van der Waals surface area contributed by atoms with Crippen LogP contribution in [0, 0.1) is 6.92 Å². The number of rotatable bonds is 3. The quantitative estimate of drug-likeness (QED) is 0.530. The van der Waals surface area contributed by atoms with Crippen LogP contribution in [0.25, 0.3) is 0 Å². The molecule has 0 amide bonds. The first kappa shape index (κ1) is 31.8. The summed E-state index contributed by atoms with van der Waals surface area (Å²) in [6.07, 6.45) is -6.46. The highest BCUT2D eigenvalue weighted by atomic mass is 19.4. The van der Waals surface area contributed by atoms with Gasteiger partial charge in [-0.05, 0) is 31.2 Å². The fraction of sp³-hybridized carbons (Fsp3) is 0.522. The van der Waals surface area contributed by atoms with Crippen molar-refractivity contribution in [3.63, 3.8) is 0 Å². The van der Waals surface area contributed by atoms with Crippen LogP contribution >= 0.6 is 0 Å². The van der Waals surface area contributed by atoms with E-state index in [0.29, 0.717) is 19.8 Å². The standard InChI is InChI=1S/C19H25N3O3.2C2HF3O2/c1-16-4-5-18(25-16)12-21-7-10-24-19(13-21)14-22(8-9-23-15-19)17-3-2-6-20-11-17;2*3-2(4,5)1(6)7/h2-6,11H,7-10,12-15H2,1H3;2*(H,6,7). The van der Waals surface area contributed by atoms with Gasteiger partial charge in [-0.3, -0.25) is 9.88 Å². The second kappa shape index (κ2) is 13.6. The molecule has 2 saturated heterocycles. The lowest BCUT2D eigenvalue weighted by Gasteiger charge is -2.43. The fourth-order valence-corrected chi connectivity index (χ4v) is 3.70. The van der Waals surface area contributed by atoms with Crippen molar-refractivity contribution in [3.05, 3.63) is 48.2 Å². The van der Waals surface area contributed by atoms with E-state index in [-0.39, 0.29) is 5.60 Å². The molecule has 1 spiro atoms. The van der Waals surface area contributed by atoms with E-state index >= 15 is 0 Å². The summed E-state index contributed by atoms with van der Waals surface area (Å²) >= 11 is 0. The summed E-state index contributed by atoms with van der Waals surface area (Å²) in [4.78, 5) is 26.8. The number of carboxylic acid groups (broad SMARTS) is 2. The Hall–Kier alpha value is -3.37. The van der Waals surface area contributed by atoms with Crippen molar-refractivity contribution >= 4 is 17.6 Å². The second-order valence-electron chi connectivity index (χ2n) is 8.55. The highest BCUT2D eigenvalue weighted by molar-refractivity contribution is 5.73. The van der Waals surface area contributed by atoms with E-state index in [9.17, 15) is 26.3 Å². The van der Waals surface area contributed by atoms with E-state index in [1.165, 1.54) is 0 Å². The van der Waals surface area contributed by atoms with Crippen molar-refractivity contribution in [1.29, 1.82) is 0 Å². The van der Waals surface area contributed by atoms with Crippen molar-refractivity contribution in [3.8, 4) is 0 Å². The number of alkyl halides is 6. The van der Waals surface area contributed by atoms with E-state index in [0.717, 1.165) is 49.9 Å². The lowest BCUT2D eigenvalue weighted by molar-refractivity contribution is -0.193. The highest BCUT2D eigenvalue weighted by Gasteiger charge is 2.41. The summed E-state index contributed by atoms with van der Waals surface area (Å²) in [5.74, 6) is -3.55. The summed E-state index contributed by atoms with van der Waals surface area (Å²) in [6, 6.07) is 8.15. The summed E-state index contributed by atoms with van der Waals surface area (Å²) in [6.45, 7) is 8.25. The number of nitrogens with zero attached hydrogens (tertiary/aromatic N) is 3. The molecule has 2 aromatic heterocycles. The molecule has 2 aliphatic heterocycles. The van der Waals surface area contributed by atoms with Crippen molar-refractivity contribution < 1.29 is 60.0 Å². The zero-order valence-corrected chi connectivity index (χ0v) is 20.7. The number of pyridine rings is 1. The van der Waals surface area contributed by atoms with Crippen LogP contribution in [-0.4, -0.2) is 96.0 Å². The van der Waals surface area contributed by atoms with Gasteiger partial charge in [0.15, 0.2) is 0 Å². The molecule has 2 fully saturated rings. The van der Waals surface area contributed by atoms with Crippen LogP contribution in [0.3, 0.4) is 0 Å². The van der Waals surface area contributed by atoms with Crippen molar-refractivity contribution in [2.75, 3.05) is 50.9 Å². The Balaban J connectivity index is 0.000000317. The van der Waals surface area contributed by atoms with Crippen LogP contribution in [0.2, 0.25) is 0 Å². The first-order chi connectivity index (χ1) is 18.1. The summed E-state index contributed by atoms with van der Waals surface area (Å²) in [7, 11) is 0. The number of halogens is 6. The molecule has 2 aromatic rings. The summed E-state index contributed by atoms with van der Waals surface area (Å²) < 4.78 is 81.4. The molecule has 218 valence electrons. The molecule has 1 atom stereocenters. The number of aromatic nitrogens is 1. The van der Waals surface area contributed by atoms with E-state index in [1.54, 1.807) is 6.20 Å². The maximum Gasteiger partial charge on any atom is 0.490 e. The Bertz CT molecular complexity index is 1040. The summed E-state index contributed by atoms with van der Waals surface area (Å²) in [5, 5.41) is 14.2. The van der Waals surface area contributed by atoms with E-state index in [4.69, 9.17) is 33.7 Å². The van der Waals surface area contributed by atoms with Gasteiger partial charge in [-0.15, -0.1) is 0 Å². The van der Waals surface area contributed by atoms with Crippen LogP contribution in [-0.2, 0) is 25.6 Å². The van der Waals surface area contributed by atoms with Crippen LogP contribution in [0.15, 0.2) is 41.1 Å². The highest BCUT2D eigenvalue weighted by Crippen LogP contribution is 2.26. The molecule has 0 radical (unpaired) electrons. The van der Waals surface area contributed by atoms with Crippen LogP contribution in [0.1, 0.15) is 11.5 Å². The lowest BCUT2D eigenvalue weighted by Crippen LogP contribution is -2.58. The predicted molar refractivity (Wildman–Crippen MR) is 122 cm³/mol. The monoisotopic (exact) mass is 571 g/mol. The van der Waals surface area contributed by atoms with Gasteiger partial charge in [-0.25, -0.2) is 9.59 Å². The van der Waals surface area contributed by atoms with Gasteiger partial charge in [0.1, 0.15) is 17.1 Å². The molecule has 39 heavy (non-hydrogen) atoms. The minimum atomic E-state index is -5.08. The minimum absolute atomic E-state index is 0.313. The normalized spacial score (nSPS) is 20.2. The Morgan fingerprint density at radius 3 is 2.15 bits per heavy atom. The first-order valence-corrected chi connectivity index (χ1v) is 11.4. The van der Waals surface area contributed by atoms with Crippen molar-refractivity contribution in [2.45, 2.75) is 31.4 Å². The smallest absolute Gasteiger partial charge is 0.475 e. The molecule has 1 unspecified atom stereocenters. The number of anilines is 1. The molecular formula is C23H27F6N3O7. The Kier molecular flexibility index (Phi) is 11.1. The average Bonchev–Trinajstić information content (AvgIpc) is 3.14. The predicted octanol–water partition coefficient (Wildman–Crippen LogP) is 3.36. The molecule has 2 aliphatic rings. The molecule has 0 saturated carbocycles. The molecule has 0 aliphatic carbocycles. The molecular weight excluding hydrogens is 544 g/mol. The van der Waals surface area contributed by atoms with Gasteiger partial charge in [-0.1, -0.05) is 0 Å². The van der Waals surface area contributed by atoms with Crippen LogP contribution < -0.4 is 4.90 Å². The number of carbonyl (C=O) groups is 2. The Morgan fingerprint density at radius 2 is 1.64 bits per heavy atom. The minimum Gasteiger partial charge on any atom is -0.475 e. The number of hydrogen-bond acceptors (Lipinski definition) is 8. The van der Waals surface area contributed by atoms with Crippen molar-refractivity contribution in [2.24, 2.45) is 0 Å². The van der Waals surface area contributed by atoms with Gasteiger partial charge >= 0.3 is 24.3 Å². The third kappa shape index (κ3) is 10.7. The first-order valence-electron chi connectivity index (χ1n) is 11.4. The zero-order chi connectivity index (χ0) is 29.3. The van der Waals surface area contributed by atoms with Crippen molar-refractivity contribution in [1.82, 2.24) is 9.88 Å². The van der Waals surface area contributed by atoms with E-state index < -0.39 is 24.3 Å². The number of morpholine rings is 1. The molecule has 16 heteroatoms. The number of hydrogen-bond donors (Lipinski definition) is 2. The molecule has 10 nitrogen and oxygen atoms in total. The fourth-order valence-electron chi connectivity index (χ4n) is 3.70. The number of aliphatic carboxylic acids is 2. The Morgan fingerprint density at radius 1 is 1.00 bits per heavy atom. The maximum atomic E-state index is 10.6. The van der Waals surface area contributed by atoms with E-state index in [2.05, 4.69) is 26.9 Å².